The molecule has 1 atom stereocenters. The van der Waals surface area contributed by atoms with E-state index in [1.165, 1.54) is 6.08 Å². The van der Waals surface area contributed by atoms with Crippen LogP contribution >= 0.6 is 34.0 Å². The Hall–Kier alpha value is -1.05. The molecule has 1 aromatic rings. The molecule has 0 aliphatic heterocycles. The van der Waals surface area contributed by atoms with Crippen LogP contribution in [0.3, 0.4) is 0 Å². The topological polar surface area (TPSA) is 85.1 Å². The second kappa shape index (κ2) is 9.07. The molecule has 0 spiro atoms. The lowest BCUT2D eigenvalue weighted by atomic mass is 9.96. The molecule has 1 aliphatic carbocycles. The molecule has 1 heterocycles. The van der Waals surface area contributed by atoms with E-state index >= 15 is 0 Å². The number of nitrogens with one attached hydrogen (secondary N) is 1. The fourth-order valence-electron chi connectivity index (χ4n) is 2.07. The van der Waals surface area contributed by atoms with E-state index in [0.29, 0.717) is 23.5 Å². The van der Waals surface area contributed by atoms with Crippen LogP contribution in [0.25, 0.3) is 5.70 Å². The number of carbonyl (C=O) groups excluding carboxylic acids is 2. The number of rotatable bonds is 5. The Labute approximate surface area is 144 Å². The van der Waals surface area contributed by atoms with E-state index in [1.807, 2.05) is 6.92 Å². The molecule has 116 valence electrons. The quantitative estimate of drug-likeness (QED) is 0.712. The molecule has 0 radical (unpaired) electrons. The van der Waals surface area contributed by atoms with E-state index in [9.17, 15) is 9.59 Å². The van der Waals surface area contributed by atoms with Crippen molar-refractivity contribution in [1.29, 1.82) is 0 Å². The zero-order chi connectivity index (χ0) is 13.8. The third-order valence-electron chi connectivity index (χ3n) is 3.05. The largest absolute Gasteiger partial charge is 0.381 e. The van der Waals surface area contributed by atoms with Gasteiger partial charge in [-0.05, 0) is 38.4 Å². The molecule has 1 aliphatic rings. The normalized spacial score (nSPS) is 14.3. The first-order valence-corrected chi connectivity index (χ1v) is 6.36. The van der Waals surface area contributed by atoms with Crippen LogP contribution in [0.15, 0.2) is 24.4 Å². The van der Waals surface area contributed by atoms with Gasteiger partial charge in [0.15, 0.2) is 0 Å². The molecular formula is C14H19Br2N3O2. The van der Waals surface area contributed by atoms with Gasteiger partial charge in [-0.15, -0.1) is 34.0 Å². The van der Waals surface area contributed by atoms with Crippen LogP contribution in [-0.2, 0) is 4.79 Å². The lowest BCUT2D eigenvalue weighted by molar-refractivity contribution is -0.111. The fraction of sp³-hybridized carbons (Fsp3) is 0.357. The van der Waals surface area contributed by atoms with Crippen molar-refractivity contribution < 1.29 is 9.59 Å². The minimum absolute atomic E-state index is 0. The summed E-state index contributed by atoms with van der Waals surface area (Å²) in [6.45, 7) is 2.65. The van der Waals surface area contributed by atoms with Gasteiger partial charge < -0.3 is 11.1 Å². The van der Waals surface area contributed by atoms with E-state index in [-0.39, 0.29) is 40.0 Å². The highest BCUT2D eigenvalue weighted by Crippen LogP contribution is 2.21. The first-order chi connectivity index (χ1) is 9.13. The molecule has 1 unspecified atom stereocenters. The third kappa shape index (κ3) is 4.72. The maximum absolute atomic E-state index is 11.7. The minimum Gasteiger partial charge on any atom is -0.381 e. The second-order valence-electron chi connectivity index (χ2n) is 4.63. The monoisotopic (exact) mass is 419 g/mol. The van der Waals surface area contributed by atoms with Crippen LogP contribution in [0.2, 0.25) is 0 Å². The number of nitrogens with zero attached hydrogens (tertiary/aromatic N) is 1. The molecule has 1 aromatic heterocycles. The molecule has 0 amide bonds. The van der Waals surface area contributed by atoms with Gasteiger partial charge in [0.1, 0.15) is 0 Å². The molecule has 0 aromatic carbocycles. The number of hydrogen-bond donors (Lipinski definition) is 2. The minimum atomic E-state index is -0.506. The number of aromatic nitrogens is 1. The summed E-state index contributed by atoms with van der Waals surface area (Å²) in [5.41, 5.74) is 7.00. The zero-order valence-electron chi connectivity index (χ0n) is 11.7. The summed E-state index contributed by atoms with van der Waals surface area (Å²) in [5, 5.41) is 3.23. The van der Waals surface area contributed by atoms with Gasteiger partial charge in [-0.25, -0.2) is 0 Å². The van der Waals surface area contributed by atoms with E-state index in [2.05, 4.69) is 10.3 Å². The number of halogens is 2. The van der Waals surface area contributed by atoms with Gasteiger partial charge >= 0.3 is 0 Å². The molecule has 0 fully saturated rings. The van der Waals surface area contributed by atoms with Gasteiger partial charge in [-0.2, -0.15) is 0 Å². The molecule has 7 heteroatoms. The molecule has 0 saturated heterocycles. The van der Waals surface area contributed by atoms with Crippen LogP contribution in [0, 0.1) is 0 Å². The van der Waals surface area contributed by atoms with Crippen molar-refractivity contribution in [3.8, 4) is 0 Å². The average Bonchev–Trinajstić information content (AvgIpc) is 2.42. The van der Waals surface area contributed by atoms with E-state index in [0.717, 1.165) is 12.8 Å². The summed E-state index contributed by atoms with van der Waals surface area (Å²) in [7, 11) is 0. The van der Waals surface area contributed by atoms with Gasteiger partial charge in [0.05, 0.1) is 17.0 Å². The van der Waals surface area contributed by atoms with Crippen molar-refractivity contribution in [2.45, 2.75) is 25.8 Å². The standard InChI is InChI=1S/C14H17N3O2.2BrH/c1-9(4-2-6-15)17-11-8-12(18)14(19)10-5-3-7-16-13(10)11;;/h3,5,7-9,17H,2,4,6,15H2,1H3;2*1H. The number of carbonyl (C=O) groups is 2. The molecule has 5 nitrogen and oxygen atoms in total. The SMILES string of the molecule is Br.Br.CC(CCCN)NC1=CC(=O)C(=O)c2cccnc21. The van der Waals surface area contributed by atoms with E-state index < -0.39 is 11.6 Å². The summed E-state index contributed by atoms with van der Waals surface area (Å²) < 4.78 is 0. The Balaban J connectivity index is 0.00000200. The van der Waals surface area contributed by atoms with Crippen LogP contribution in [-0.4, -0.2) is 29.1 Å². The van der Waals surface area contributed by atoms with Gasteiger partial charge in [-0.3, -0.25) is 14.6 Å². The highest BCUT2D eigenvalue weighted by molar-refractivity contribution is 8.93. The number of fused-ring (bicyclic) bond motifs is 1. The van der Waals surface area contributed by atoms with Crippen LogP contribution < -0.4 is 11.1 Å². The lowest BCUT2D eigenvalue weighted by Gasteiger charge is -2.20. The summed E-state index contributed by atoms with van der Waals surface area (Å²) in [6, 6.07) is 3.46. The average molecular weight is 421 g/mol. The Morgan fingerprint density at radius 3 is 2.71 bits per heavy atom. The smallest absolute Gasteiger partial charge is 0.235 e. The first-order valence-electron chi connectivity index (χ1n) is 6.36. The van der Waals surface area contributed by atoms with Crippen molar-refractivity contribution in [1.82, 2.24) is 10.3 Å². The maximum atomic E-state index is 11.7. The summed E-state index contributed by atoms with van der Waals surface area (Å²) in [6.07, 6.45) is 4.75. The molecule has 3 N–H and O–H groups in total. The van der Waals surface area contributed by atoms with Crippen molar-refractivity contribution >= 4 is 51.2 Å². The number of pyridine rings is 1. The van der Waals surface area contributed by atoms with Crippen molar-refractivity contribution in [2.75, 3.05) is 6.54 Å². The van der Waals surface area contributed by atoms with Crippen molar-refractivity contribution in [3.05, 3.63) is 35.7 Å². The van der Waals surface area contributed by atoms with E-state index in [1.54, 1.807) is 18.3 Å². The Kier molecular flexibility index (Phi) is 8.61. The number of nitrogens with two attached hydrogens (primary N) is 1. The molecular weight excluding hydrogens is 402 g/mol. The fourth-order valence-corrected chi connectivity index (χ4v) is 2.07. The van der Waals surface area contributed by atoms with Gasteiger partial charge in [0.25, 0.3) is 0 Å². The molecule has 0 bridgehead atoms. The Morgan fingerprint density at radius 2 is 2.05 bits per heavy atom. The third-order valence-corrected chi connectivity index (χ3v) is 3.05. The molecule has 21 heavy (non-hydrogen) atoms. The summed E-state index contributed by atoms with van der Waals surface area (Å²) in [4.78, 5) is 27.6. The Bertz CT molecular complexity index is 547. The zero-order valence-corrected chi connectivity index (χ0v) is 15.1. The van der Waals surface area contributed by atoms with E-state index in [4.69, 9.17) is 5.73 Å². The van der Waals surface area contributed by atoms with Gasteiger partial charge in [-0.1, -0.05) is 0 Å². The van der Waals surface area contributed by atoms with Crippen LogP contribution in [0.4, 0.5) is 0 Å². The Morgan fingerprint density at radius 1 is 1.33 bits per heavy atom. The summed E-state index contributed by atoms with van der Waals surface area (Å²) >= 11 is 0. The number of Topliss-reactive ketones (excluding diaryl/α,β-unsaturated/α-hetero) is 1. The number of allylic oxidation sites excluding steroid dienone is 1. The second-order valence-corrected chi connectivity index (χ2v) is 4.63. The van der Waals surface area contributed by atoms with Crippen LogP contribution in [0.5, 0.6) is 0 Å². The summed E-state index contributed by atoms with van der Waals surface area (Å²) in [5.74, 6) is -1.00. The predicted molar refractivity (Wildman–Crippen MR) is 93.1 cm³/mol. The van der Waals surface area contributed by atoms with Gasteiger partial charge in [0, 0.05) is 18.3 Å². The van der Waals surface area contributed by atoms with Crippen molar-refractivity contribution in [3.63, 3.8) is 0 Å². The number of hydrogen-bond acceptors (Lipinski definition) is 5. The first kappa shape index (κ1) is 19.9. The molecule has 0 saturated carbocycles. The van der Waals surface area contributed by atoms with Gasteiger partial charge in [0.2, 0.25) is 11.6 Å². The van der Waals surface area contributed by atoms with Crippen molar-refractivity contribution in [2.24, 2.45) is 5.73 Å². The van der Waals surface area contributed by atoms with Crippen LogP contribution in [0.1, 0.15) is 35.8 Å². The number of ketones is 2. The molecule has 2 rings (SSSR count). The highest BCUT2D eigenvalue weighted by atomic mass is 79.9. The highest BCUT2D eigenvalue weighted by Gasteiger charge is 2.26. The maximum Gasteiger partial charge on any atom is 0.235 e. The predicted octanol–water partition coefficient (Wildman–Crippen LogP) is 2.06. The lowest BCUT2D eigenvalue weighted by Crippen LogP contribution is -2.30.